The lowest BCUT2D eigenvalue weighted by molar-refractivity contribution is -0.139. The van der Waals surface area contributed by atoms with E-state index in [9.17, 15) is 24.0 Å². The quantitative estimate of drug-likeness (QED) is 0.0444. The van der Waals surface area contributed by atoms with Crippen LogP contribution in [0.25, 0.3) is 0 Å². The number of ether oxygens (including phenoxy) is 3. The Bertz CT molecular complexity index is 3820. The summed E-state index contributed by atoms with van der Waals surface area (Å²) in [7, 11) is 0. The number of aromatic nitrogens is 12. The minimum Gasteiger partial charge on any atom is -0.480 e. The van der Waals surface area contributed by atoms with E-state index >= 15 is 0 Å². The molecule has 27 nitrogen and oxygen atoms in total. The molecular formula is C89H138Cl2N18O9. The highest BCUT2D eigenvalue weighted by Crippen LogP contribution is 2.51. The van der Waals surface area contributed by atoms with Crippen LogP contribution in [0.1, 0.15) is 253 Å². The van der Waals surface area contributed by atoms with Gasteiger partial charge in [0.15, 0.2) is 0 Å². The number of hydrogen-bond donors (Lipinski definition) is 5. The van der Waals surface area contributed by atoms with Crippen LogP contribution in [0.15, 0.2) is 99.1 Å². The van der Waals surface area contributed by atoms with Crippen LogP contribution in [0.2, 0.25) is 10.0 Å². The summed E-state index contributed by atoms with van der Waals surface area (Å²) in [5.74, 6) is 1.97. The predicted octanol–water partition coefficient (Wildman–Crippen LogP) is 16.4. The standard InChI is InChI=1S/C28H40ClN5O3.C19H32N4O2.C14H18ClNO4.2C14H24N4/c1-27(2,3)37-26(36)32-24(17-21-9-11-23(29)12-10-21)25(35)33-15-13-28(14-16-33,18-34-20-30-19-31-34)22-7-5-4-6-8-22;1-18(2,3)25-17(24)22-11-9-19(10-12-22,13-23-15-20-14-21-23)16-7-5-4-6-8-16;1-14(2,3)20-13(19)16-11(12(17)18)8-9-4-6-10(15)7-5-9;2*1-2-4-13(5-3-1)14(6-8-15-9-7-14)10-18-12-16-11-17-18/h9-12,19-20,22,24H,4-8,13-18H2,1-3H3,(H,32,36);14-16H,4-13H2,1-3H3;4-7,11H,8H2,1-3H3,(H,16,19)(H,17,18);2*11-13,15H,1-10H2/t;;11-;;/m..1../s1. The molecule has 4 aliphatic carbocycles. The molecule has 2 atom stereocenters. The lowest BCUT2D eigenvalue weighted by atomic mass is 9.63. The zero-order chi connectivity index (χ0) is 84.2. The number of amides is 4. The molecule has 0 radical (unpaired) electrons. The first-order chi connectivity index (χ1) is 56.5. The Kier molecular flexibility index (Phi) is 34.6. The molecule has 4 saturated heterocycles. The fourth-order valence-electron chi connectivity index (χ4n) is 19.9. The van der Waals surface area contributed by atoms with Crippen molar-refractivity contribution in [3.8, 4) is 0 Å². The number of carboxylic acid groups (broad SMARTS) is 1. The highest BCUT2D eigenvalue weighted by atomic mass is 35.5. The first-order valence-electron chi connectivity index (χ1n) is 44.2. The van der Waals surface area contributed by atoms with Crippen LogP contribution in [0, 0.1) is 45.3 Å². The number of halogens is 2. The van der Waals surface area contributed by atoms with Gasteiger partial charge in [-0.15, -0.1) is 0 Å². The number of aliphatic carboxylic acids is 1. The van der Waals surface area contributed by atoms with Crippen molar-refractivity contribution in [1.82, 2.24) is 90.1 Å². The molecule has 118 heavy (non-hydrogen) atoms. The van der Waals surface area contributed by atoms with E-state index in [1.807, 2.05) is 91.8 Å². The molecule has 8 fully saturated rings. The third-order valence-corrected chi connectivity index (χ3v) is 26.5. The SMILES string of the molecule is CC(C)(C)OC(=O)N1CCC(Cn2cncn2)(C2CCCCC2)CC1.CC(C)(C)OC(=O)NC(Cc1ccc(Cl)cc1)C(=O)N1CCC(Cn2cncn2)(C2CCCCC2)CC1.CC(C)(C)OC(=O)N[C@H](Cc1ccc(Cl)cc1)C(=O)O.c1ncn(CC2(C3CCCCC3)CCNCC2)n1.c1ncn(CC2(C3CCCCC3)CCNCC2)n1. The largest absolute Gasteiger partial charge is 0.480 e. The fourth-order valence-corrected chi connectivity index (χ4v) is 20.2. The van der Waals surface area contributed by atoms with E-state index in [-0.39, 0.29) is 29.3 Å². The third-order valence-electron chi connectivity index (χ3n) is 26.0. The molecule has 0 spiro atoms. The van der Waals surface area contributed by atoms with Crippen LogP contribution in [-0.2, 0) is 62.8 Å². The molecule has 29 heteroatoms. The number of likely N-dealkylation sites (tertiary alicyclic amines) is 2. The van der Waals surface area contributed by atoms with Crippen molar-refractivity contribution in [2.75, 3.05) is 52.4 Å². The van der Waals surface area contributed by atoms with Gasteiger partial charge in [0.05, 0.1) is 0 Å². The average Bonchev–Trinajstić information content (AvgIpc) is 0.951. The molecule has 8 heterocycles. The number of nitrogens with zero attached hydrogens (tertiary/aromatic N) is 14. The zero-order valence-electron chi connectivity index (χ0n) is 72.1. The topological polar surface area (TPSA) is 311 Å². The van der Waals surface area contributed by atoms with Crippen molar-refractivity contribution >= 4 is 53.4 Å². The van der Waals surface area contributed by atoms with Gasteiger partial charge >= 0.3 is 24.2 Å². The van der Waals surface area contributed by atoms with Crippen molar-refractivity contribution in [1.29, 1.82) is 0 Å². The van der Waals surface area contributed by atoms with Gasteiger partial charge in [-0.05, 0) is 272 Å². The maximum absolute atomic E-state index is 13.8. The summed E-state index contributed by atoms with van der Waals surface area (Å²) in [5, 5.41) is 40.0. The summed E-state index contributed by atoms with van der Waals surface area (Å²) in [6, 6.07) is 12.4. The number of rotatable bonds is 20. The highest BCUT2D eigenvalue weighted by molar-refractivity contribution is 6.30. The van der Waals surface area contributed by atoms with Crippen molar-refractivity contribution in [3.63, 3.8) is 0 Å². The maximum atomic E-state index is 13.8. The van der Waals surface area contributed by atoms with Gasteiger partial charge in [-0.1, -0.05) is 125 Å². The molecule has 4 aromatic heterocycles. The van der Waals surface area contributed by atoms with Crippen molar-refractivity contribution in [2.24, 2.45) is 45.3 Å². The normalized spacial score (nSPS) is 20.5. The Hall–Kier alpha value is -7.75. The van der Waals surface area contributed by atoms with Gasteiger partial charge in [0.2, 0.25) is 5.91 Å². The Labute approximate surface area is 710 Å². The minimum atomic E-state index is -1.12. The second-order valence-electron chi connectivity index (χ2n) is 37.9. The summed E-state index contributed by atoms with van der Waals surface area (Å²) in [6.45, 7) is 27.8. The number of carbonyl (C=O) groups excluding carboxylic acids is 4. The molecule has 652 valence electrons. The maximum Gasteiger partial charge on any atom is 0.410 e. The summed E-state index contributed by atoms with van der Waals surface area (Å²) >= 11 is 11.8. The molecule has 1 unspecified atom stereocenters. The lowest BCUT2D eigenvalue weighted by Gasteiger charge is -2.48. The molecule has 5 N–H and O–H groups in total. The molecule has 6 aromatic rings. The van der Waals surface area contributed by atoms with Gasteiger partial charge < -0.3 is 50.4 Å². The van der Waals surface area contributed by atoms with E-state index in [0.717, 1.165) is 93.8 Å². The molecule has 4 aliphatic heterocycles. The van der Waals surface area contributed by atoms with Crippen LogP contribution in [0.5, 0.6) is 0 Å². The van der Waals surface area contributed by atoms with Crippen molar-refractivity contribution in [2.45, 2.75) is 310 Å². The first-order valence-corrected chi connectivity index (χ1v) is 44.9. The monoisotopic (exact) mass is 1670 g/mol. The molecule has 8 aliphatic rings. The molecular weight excluding hydrogens is 1540 g/mol. The molecule has 2 aromatic carbocycles. The number of piperidine rings is 4. The molecule has 4 saturated carbocycles. The number of carbonyl (C=O) groups is 5. The highest BCUT2D eigenvalue weighted by Gasteiger charge is 2.47. The van der Waals surface area contributed by atoms with Crippen LogP contribution in [-0.4, -0.2) is 185 Å². The van der Waals surface area contributed by atoms with Gasteiger partial charge in [-0.2, -0.15) is 20.4 Å². The van der Waals surface area contributed by atoms with E-state index in [0.29, 0.717) is 46.3 Å². The van der Waals surface area contributed by atoms with Gasteiger partial charge in [-0.25, -0.2) is 39.1 Å². The van der Waals surface area contributed by atoms with Crippen molar-refractivity contribution < 1.29 is 43.3 Å². The van der Waals surface area contributed by atoms with Gasteiger partial charge in [-0.3, -0.25) is 23.5 Å². The Morgan fingerprint density at radius 3 is 0.975 bits per heavy atom. The van der Waals surface area contributed by atoms with Crippen LogP contribution in [0.3, 0.4) is 0 Å². The van der Waals surface area contributed by atoms with Crippen molar-refractivity contribution in [3.05, 3.63) is 120 Å². The first kappa shape index (κ1) is 92.5. The molecule has 4 amide bonds. The summed E-state index contributed by atoms with van der Waals surface area (Å²) in [4.78, 5) is 81.9. The number of alkyl carbamates (subject to hydrolysis) is 2. The number of nitrogens with one attached hydrogen (secondary N) is 4. The van der Waals surface area contributed by atoms with E-state index in [4.69, 9.17) is 42.5 Å². The predicted molar refractivity (Wildman–Crippen MR) is 457 cm³/mol. The van der Waals surface area contributed by atoms with E-state index in [1.165, 1.54) is 180 Å². The second kappa shape index (κ2) is 44.2. The second-order valence-corrected chi connectivity index (χ2v) is 38.7. The Balaban J connectivity index is 0.000000160. The summed E-state index contributed by atoms with van der Waals surface area (Å²) in [5.41, 5.74) is 1.21. The zero-order valence-corrected chi connectivity index (χ0v) is 73.6. The lowest BCUT2D eigenvalue weighted by Crippen LogP contribution is -2.55. The number of hydrogen-bond acceptors (Lipinski definition) is 18. The Morgan fingerprint density at radius 2 is 0.695 bits per heavy atom. The third kappa shape index (κ3) is 29.0. The van der Waals surface area contributed by atoms with Crippen LogP contribution >= 0.6 is 23.2 Å². The van der Waals surface area contributed by atoms with Gasteiger partial charge in [0.25, 0.3) is 0 Å². The molecule has 0 bridgehead atoms. The molecule has 14 rings (SSSR count). The van der Waals surface area contributed by atoms with Gasteiger partial charge in [0.1, 0.15) is 79.5 Å². The summed E-state index contributed by atoms with van der Waals surface area (Å²) < 4.78 is 24.1. The average molecular weight is 1680 g/mol. The van der Waals surface area contributed by atoms with E-state index in [2.05, 4.69) is 71.0 Å². The Morgan fingerprint density at radius 1 is 0.415 bits per heavy atom. The fraction of sp³-hybridized carbons (Fsp3) is 0.719. The van der Waals surface area contributed by atoms with Gasteiger partial charge in [0, 0.05) is 75.2 Å². The number of carboxylic acids is 1. The van der Waals surface area contributed by atoms with E-state index < -0.39 is 47.0 Å². The number of benzene rings is 2. The smallest absolute Gasteiger partial charge is 0.410 e. The van der Waals surface area contributed by atoms with Crippen LogP contribution < -0.4 is 21.3 Å². The minimum absolute atomic E-state index is 0.0705. The summed E-state index contributed by atoms with van der Waals surface area (Å²) in [6.07, 6.45) is 49.3. The van der Waals surface area contributed by atoms with Crippen LogP contribution in [0.4, 0.5) is 14.4 Å². The van der Waals surface area contributed by atoms with E-state index in [1.54, 1.807) is 88.8 Å².